The quantitative estimate of drug-likeness (QED) is 0.631. The zero-order valence-corrected chi connectivity index (χ0v) is 10.0. The molecule has 1 aromatic rings. The fraction of sp³-hybridized carbons (Fsp3) is 0.182. The first-order valence-electron chi connectivity index (χ1n) is 4.23. The third-order valence-corrected chi connectivity index (χ3v) is 2.32. The summed E-state index contributed by atoms with van der Waals surface area (Å²) in [5, 5.41) is 0. The Hall–Kier alpha value is -1.54. The molecule has 0 radical (unpaired) electrons. The number of hydrogen-bond donors (Lipinski definition) is 0. The van der Waals surface area contributed by atoms with Gasteiger partial charge in [-0.3, -0.25) is 0 Å². The number of carbonyl (C=O) groups is 1. The SMILES string of the molecule is C#Cc1cc(F)c(OCC(=O)OC)c(Br)c1. The van der Waals surface area contributed by atoms with Crippen LogP contribution in [0.1, 0.15) is 5.56 Å². The molecule has 84 valence electrons. The van der Waals surface area contributed by atoms with Gasteiger partial charge in [0.1, 0.15) is 0 Å². The fourth-order valence-corrected chi connectivity index (χ4v) is 1.52. The molecule has 0 saturated carbocycles. The van der Waals surface area contributed by atoms with Crippen LogP contribution in [0.15, 0.2) is 16.6 Å². The average Bonchev–Trinajstić information content (AvgIpc) is 2.27. The van der Waals surface area contributed by atoms with Crippen molar-refractivity contribution in [3.8, 4) is 18.1 Å². The third-order valence-electron chi connectivity index (χ3n) is 1.73. The second-order valence-corrected chi connectivity index (χ2v) is 3.63. The van der Waals surface area contributed by atoms with Crippen LogP contribution in [0, 0.1) is 18.2 Å². The second kappa shape index (κ2) is 5.52. The highest BCUT2D eigenvalue weighted by atomic mass is 79.9. The summed E-state index contributed by atoms with van der Waals surface area (Å²) in [6.45, 7) is -0.360. The van der Waals surface area contributed by atoms with Crippen LogP contribution in [-0.2, 0) is 9.53 Å². The van der Waals surface area contributed by atoms with Gasteiger partial charge >= 0.3 is 5.97 Å². The Balaban J connectivity index is 2.89. The number of methoxy groups -OCH3 is 1. The largest absolute Gasteiger partial charge is 0.478 e. The van der Waals surface area contributed by atoms with Gasteiger partial charge in [0.15, 0.2) is 18.2 Å². The number of carbonyl (C=O) groups excluding carboxylic acids is 1. The smallest absolute Gasteiger partial charge is 0.343 e. The van der Waals surface area contributed by atoms with Crippen molar-refractivity contribution >= 4 is 21.9 Å². The second-order valence-electron chi connectivity index (χ2n) is 2.78. The van der Waals surface area contributed by atoms with E-state index in [1.807, 2.05) is 0 Å². The molecule has 1 aromatic carbocycles. The lowest BCUT2D eigenvalue weighted by atomic mass is 10.2. The Morgan fingerprint density at radius 1 is 1.62 bits per heavy atom. The van der Waals surface area contributed by atoms with Crippen molar-refractivity contribution in [2.24, 2.45) is 0 Å². The molecule has 0 bridgehead atoms. The van der Waals surface area contributed by atoms with Gasteiger partial charge in [-0.25, -0.2) is 9.18 Å². The van der Waals surface area contributed by atoms with E-state index in [1.165, 1.54) is 13.2 Å². The maximum atomic E-state index is 13.4. The highest BCUT2D eigenvalue weighted by Gasteiger charge is 2.12. The van der Waals surface area contributed by atoms with Crippen LogP contribution < -0.4 is 4.74 Å². The maximum Gasteiger partial charge on any atom is 0.343 e. The summed E-state index contributed by atoms with van der Waals surface area (Å²) >= 11 is 3.10. The number of rotatable bonds is 3. The molecule has 0 heterocycles. The van der Waals surface area contributed by atoms with Crippen molar-refractivity contribution < 1.29 is 18.7 Å². The first-order chi connectivity index (χ1) is 7.58. The average molecular weight is 287 g/mol. The predicted molar refractivity (Wildman–Crippen MR) is 59.5 cm³/mol. The molecule has 16 heavy (non-hydrogen) atoms. The van der Waals surface area contributed by atoms with Gasteiger partial charge < -0.3 is 9.47 Å². The molecular formula is C11H8BrFO3. The van der Waals surface area contributed by atoms with E-state index in [0.717, 1.165) is 6.07 Å². The molecule has 1 rings (SSSR count). The Bertz CT molecular complexity index is 428. The van der Waals surface area contributed by atoms with Crippen LogP contribution in [0.25, 0.3) is 0 Å². The lowest BCUT2D eigenvalue weighted by molar-refractivity contribution is -0.142. The Kier molecular flexibility index (Phi) is 4.32. The summed E-state index contributed by atoms with van der Waals surface area (Å²) in [6, 6.07) is 2.67. The first kappa shape index (κ1) is 12.5. The molecule has 0 N–H and O–H groups in total. The number of halogens is 2. The van der Waals surface area contributed by atoms with Gasteiger partial charge in [-0.2, -0.15) is 0 Å². The molecule has 0 unspecified atom stereocenters. The van der Waals surface area contributed by atoms with Gasteiger partial charge in [0.05, 0.1) is 11.6 Å². The molecule has 0 atom stereocenters. The molecular weight excluding hydrogens is 279 g/mol. The molecule has 0 amide bonds. The molecule has 0 saturated heterocycles. The van der Waals surface area contributed by atoms with Gasteiger partial charge in [-0.1, -0.05) is 5.92 Å². The lowest BCUT2D eigenvalue weighted by Crippen LogP contribution is -2.13. The van der Waals surface area contributed by atoms with Crippen molar-refractivity contribution in [3.63, 3.8) is 0 Å². The van der Waals surface area contributed by atoms with Gasteiger partial charge in [-0.15, -0.1) is 6.42 Å². The van der Waals surface area contributed by atoms with E-state index >= 15 is 0 Å². The van der Waals surface area contributed by atoms with Crippen LogP contribution in [0.5, 0.6) is 5.75 Å². The summed E-state index contributed by atoms with van der Waals surface area (Å²) in [6.07, 6.45) is 5.13. The summed E-state index contributed by atoms with van der Waals surface area (Å²) in [7, 11) is 1.22. The molecule has 0 aromatic heterocycles. The Labute approximate surface area is 101 Å². The maximum absolute atomic E-state index is 13.4. The van der Waals surface area contributed by atoms with Crippen LogP contribution in [-0.4, -0.2) is 19.7 Å². The van der Waals surface area contributed by atoms with Crippen molar-refractivity contribution in [3.05, 3.63) is 28.0 Å². The van der Waals surface area contributed by atoms with Crippen LogP contribution in [0.4, 0.5) is 4.39 Å². The zero-order chi connectivity index (χ0) is 12.1. The van der Waals surface area contributed by atoms with Gasteiger partial charge in [-0.05, 0) is 28.1 Å². The highest BCUT2D eigenvalue weighted by Crippen LogP contribution is 2.29. The third kappa shape index (κ3) is 2.97. The highest BCUT2D eigenvalue weighted by molar-refractivity contribution is 9.10. The first-order valence-corrected chi connectivity index (χ1v) is 5.03. The van der Waals surface area contributed by atoms with Crippen LogP contribution in [0.2, 0.25) is 0 Å². The van der Waals surface area contributed by atoms with Crippen LogP contribution >= 0.6 is 15.9 Å². The Morgan fingerprint density at radius 2 is 2.31 bits per heavy atom. The van der Waals surface area contributed by atoms with Crippen molar-refractivity contribution in [2.75, 3.05) is 13.7 Å². The molecule has 0 spiro atoms. The minimum Gasteiger partial charge on any atom is -0.478 e. The number of benzene rings is 1. The summed E-state index contributed by atoms with van der Waals surface area (Å²) < 4.78 is 23.1. The molecule has 0 aliphatic carbocycles. The summed E-state index contributed by atoms with van der Waals surface area (Å²) in [4.78, 5) is 10.8. The van der Waals surface area contributed by atoms with Gasteiger partial charge in [0, 0.05) is 5.56 Å². The van der Waals surface area contributed by atoms with Crippen LogP contribution in [0.3, 0.4) is 0 Å². The molecule has 3 nitrogen and oxygen atoms in total. The topological polar surface area (TPSA) is 35.5 Å². The molecule has 0 aliphatic rings. The fourth-order valence-electron chi connectivity index (χ4n) is 0.971. The molecule has 5 heteroatoms. The summed E-state index contributed by atoms with van der Waals surface area (Å²) in [5.74, 6) is 1.01. The predicted octanol–water partition coefficient (Wildman–Crippen LogP) is 2.12. The van der Waals surface area contributed by atoms with Crippen molar-refractivity contribution in [1.29, 1.82) is 0 Å². The van der Waals surface area contributed by atoms with Gasteiger partial charge in [0.25, 0.3) is 0 Å². The number of esters is 1. The molecule has 0 aliphatic heterocycles. The lowest BCUT2D eigenvalue weighted by Gasteiger charge is -2.08. The molecule has 0 fully saturated rings. The summed E-state index contributed by atoms with van der Waals surface area (Å²) in [5.41, 5.74) is 0.384. The van der Waals surface area contributed by atoms with E-state index in [9.17, 15) is 9.18 Å². The zero-order valence-electron chi connectivity index (χ0n) is 8.42. The van der Waals surface area contributed by atoms with Gasteiger partial charge in [0.2, 0.25) is 0 Å². The monoisotopic (exact) mass is 286 g/mol. The number of ether oxygens (including phenoxy) is 2. The Morgan fingerprint density at radius 3 is 2.81 bits per heavy atom. The minimum atomic E-state index is -0.633. The van der Waals surface area contributed by atoms with E-state index in [-0.39, 0.29) is 12.4 Å². The number of hydrogen-bond acceptors (Lipinski definition) is 3. The van der Waals surface area contributed by atoms with E-state index in [1.54, 1.807) is 0 Å². The van der Waals surface area contributed by atoms with E-state index in [2.05, 4.69) is 26.6 Å². The van der Waals surface area contributed by atoms with E-state index < -0.39 is 11.8 Å². The van der Waals surface area contributed by atoms with Crippen molar-refractivity contribution in [1.82, 2.24) is 0 Å². The minimum absolute atomic E-state index is 0.0654. The van der Waals surface area contributed by atoms with Crippen molar-refractivity contribution in [2.45, 2.75) is 0 Å². The normalized spacial score (nSPS) is 9.38. The van der Waals surface area contributed by atoms with E-state index in [4.69, 9.17) is 11.2 Å². The standard InChI is InChI=1S/C11H8BrFO3/c1-3-7-4-8(12)11(9(13)5-7)16-6-10(14)15-2/h1,4-5H,6H2,2H3. The van der Waals surface area contributed by atoms with E-state index in [0.29, 0.717) is 10.0 Å². The number of terminal acetylenes is 1.